The lowest BCUT2D eigenvalue weighted by Crippen LogP contribution is -2.47. The summed E-state index contributed by atoms with van der Waals surface area (Å²) in [6.45, 7) is 3.81. The molecule has 0 saturated carbocycles. The molecule has 3 N–H and O–H groups in total. The van der Waals surface area contributed by atoms with Crippen molar-refractivity contribution in [2.45, 2.75) is 37.5 Å². The highest BCUT2D eigenvalue weighted by Gasteiger charge is 2.34. The van der Waals surface area contributed by atoms with Gasteiger partial charge in [-0.15, -0.1) is 11.8 Å². The van der Waals surface area contributed by atoms with E-state index in [2.05, 4.69) is 0 Å². The molecule has 2 amide bonds. The van der Waals surface area contributed by atoms with Crippen molar-refractivity contribution >= 4 is 29.5 Å². The molecule has 1 saturated heterocycles. The molecule has 1 rings (SSSR count). The van der Waals surface area contributed by atoms with Crippen molar-refractivity contribution in [1.82, 2.24) is 4.90 Å². The minimum Gasteiger partial charge on any atom is -0.480 e. The van der Waals surface area contributed by atoms with Gasteiger partial charge in [0.1, 0.15) is 6.04 Å². The van der Waals surface area contributed by atoms with E-state index in [1.165, 1.54) is 4.90 Å². The van der Waals surface area contributed by atoms with E-state index in [-0.39, 0.29) is 17.6 Å². The van der Waals surface area contributed by atoms with Gasteiger partial charge in [-0.25, -0.2) is 0 Å². The van der Waals surface area contributed by atoms with Gasteiger partial charge in [-0.1, -0.05) is 0 Å². The first kappa shape index (κ1) is 15.0. The number of carbonyl (C=O) groups excluding carboxylic acids is 2. The number of carboxylic acid groups (broad SMARTS) is 1. The highest BCUT2D eigenvalue weighted by atomic mass is 32.2. The number of nitrogens with zero attached hydrogens (tertiary/aromatic N) is 1. The maximum atomic E-state index is 11.8. The van der Waals surface area contributed by atoms with E-state index in [9.17, 15) is 14.4 Å². The molecule has 0 radical (unpaired) electrons. The third-order valence-corrected chi connectivity index (χ3v) is 4.35. The Morgan fingerprint density at radius 1 is 1.56 bits per heavy atom. The number of rotatable bonds is 5. The summed E-state index contributed by atoms with van der Waals surface area (Å²) in [4.78, 5) is 35.2. The molecule has 18 heavy (non-hydrogen) atoms. The molecular weight excluding hydrogens is 256 g/mol. The zero-order valence-electron chi connectivity index (χ0n) is 10.5. The minimum absolute atomic E-state index is 0.0692. The average molecular weight is 274 g/mol. The van der Waals surface area contributed by atoms with Gasteiger partial charge in [0.05, 0.1) is 5.75 Å². The summed E-state index contributed by atoms with van der Waals surface area (Å²) in [6.07, 6.45) is 1.11. The lowest BCUT2D eigenvalue weighted by atomic mass is 10.1. The summed E-state index contributed by atoms with van der Waals surface area (Å²) >= 11 is 1.16. The van der Waals surface area contributed by atoms with Crippen molar-refractivity contribution in [2.75, 3.05) is 12.3 Å². The smallest absolute Gasteiger partial charge is 0.321 e. The van der Waals surface area contributed by atoms with Crippen molar-refractivity contribution in [3.8, 4) is 0 Å². The molecule has 102 valence electrons. The Hall–Kier alpha value is -1.08. The van der Waals surface area contributed by atoms with Crippen LogP contribution in [0.5, 0.6) is 0 Å². The second-order valence-electron chi connectivity index (χ2n) is 4.75. The van der Waals surface area contributed by atoms with Crippen LogP contribution >= 0.6 is 11.8 Å². The van der Waals surface area contributed by atoms with Gasteiger partial charge < -0.3 is 10.8 Å². The summed E-state index contributed by atoms with van der Waals surface area (Å²) in [7, 11) is 0. The van der Waals surface area contributed by atoms with Gasteiger partial charge in [-0.05, 0) is 20.3 Å². The number of hydrogen-bond acceptors (Lipinski definition) is 5. The fourth-order valence-corrected chi connectivity index (χ4v) is 2.56. The summed E-state index contributed by atoms with van der Waals surface area (Å²) < 4.78 is -0.760. The number of carboxylic acids is 1. The molecule has 0 aliphatic carbocycles. The molecule has 1 fully saturated rings. The third kappa shape index (κ3) is 3.46. The summed E-state index contributed by atoms with van der Waals surface area (Å²) in [5, 5.41) is 8.85. The van der Waals surface area contributed by atoms with Crippen molar-refractivity contribution in [3.63, 3.8) is 0 Å². The predicted molar refractivity (Wildman–Crippen MR) is 68.1 cm³/mol. The van der Waals surface area contributed by atoms with Crippen LogP contribution in [-0.2, 0) is 14.4 Å². The Morgan fingerprint density at radius 3 is 2.61 bits per heavy atom. The zero-order chi connectivity index (χ0) is 13.9. The van der Waals surface area contributed by atoms with Gasteiger partial charge >= 0.3 is 5.97 Å². The largest absolute Gasteiger partial charge is 0.480 e. The van der Waals surface area contributed by atoms with E-state index in [1.54, 1.807) is 13.8 Å². The summed E-state index contributed by atoms with van der Waals surface area (Å²) in [5.74, 6) is -1.45. The van der Waals surface area contributed by atoms with Crippen molar-refractivity contribution in [3.05, 3.63) is 0 Å². The number of nitrogens with two attached hydrogens (primary N) is 1. The van der Waals surface area contributed by atoms with Gasteiger partial charge in [0.25, 0.3) is 0 Å². The first-order valence-electron chi connectivity index (χ1n) is 5.71. The number of amides is 2. The molecular formula is C11H18N2O4S. The van der Waals surface area contributed by atoms with Crippen LogP contribution < -0.4 is 5.73 Å². The predicted octanol–water partition coefficient (Wildman–Crippen LogP) is 0.0591. The van der Waals surface area contributed by atoms with Crippen molar-refractivity contribution in [2.24, 2.45) is 5.73 Å². The minimum atomic E-state index is -1.10. The van der Waals surface area contributed by atoms with Gasteiger partial charge in [0, 0.05) is 17.7 Å². The van der Waals surface area contributed by atoms with Gasteiger partial charge in [0.15, 0.2) is 0 Å². The SMILES string of the molecule is CC(C)(SCC(=O)N1CCCC1=O)[C@H](N)C(=O)O. The fraction of sp³-hybridized carbons (Fsp3) is 0.727. The Bertz CT molecular complexity index is 370. The van der Waals surface area contributed by atoms with Crippen LogP contribution in [-0.4, -0.2) is 50.9 Å². The maximum absolute atomic E-state index is 11.8. The Kier molecular flexibility index (Phi) is 4.75. The number of likely N-dealkylation sites (tertiary alicyclic amines) is 1. The van der Waals surface area contributed by atoms with Gasteiger partial charge in [0.2, 0.25) is 11.8 Å². The first-order valence-corrected chi connectivity index (χ1v) is 6.70. The average Bonchev–Trinajstić information content (AvgIpc) is 2.71. The molecule has 1 heterocycles. The van der Waals surface area contributed by atoms with Crippen LogP contribution in [0.25, 0.3) is 0 Å². The van der Waals surface area contributed by atoms with Crippen LogP contribution in [0.3, 0.4) is 0 Å². The van der Waals surface area contributed by atoms with Crippen molar-refractivity contribution < 1.29 is 19.5 Å². The third-order valence-electron chi connectivity index (χ3n) is 2.96. The Morgan fingerprint density at radius 2 is 2.17 bits per heavy atom. The molecule has 1 aliphatic rings. The van der Waals surface area contributed by atoms with Crippen LogP contribution in [0.2, 0.25) is 0 Å². The van der Waals surface area contributed by atoms with E-state index < -0.39 is 16.8 Å². The molecule has 0 aromatic heterocycles. The number of carbonyl (C=O) groups is 3. The number of imide groups is 1. The Balaban J connectivity index is 2.51. The number of aliphatic carboxylic acids is 1. The first-order chi connectivity index (χ1) is 8.25. The standard InChI is InChI=1S/C11H18N2O4S/c1-11(2,9(12)10(16)17)18-6-8(15)13-5-3-4-7(13)14/h9H,3-6,12H2,1-2H3,(H,16,17)/t9-/m1/s1. The lowest BCUT2D eigenvalue weighted by molar-refractivity contribution is -0.141. The molecule has 6 nitrogen and oxygen atoms in total. The molecule has 0 bridgehead atoms. The fourth-order valence-electron chi connectivity index (χ4n) is 1.62. The van der Waals surface area contributed by atoms with Gasteiger partial charge in [-0.3, -0.25) is 19.3 Å². The molecule has 7 heteroatoms. The molecule has 1 aliphatic heterocycles. The van der Waals surface area contributed by atoms with E-state index in [0.717, 1.165) is 11.8 Å². The van der Waals surface area contributed by atoms with E-state index in [4.69, 9.17) is 10.8 Å². The Labute approximate surface area is 110 Å². The van der Waals surface area contributed by atoms with Crippen LogP contribution in [0.1, 0.15) is 26.7 Å². The van der Waals surface area contributed by atoms with Crippen LogP contribution in [0.4, 0.5) is 0 Å². The molecule has 0 spiro atoms. The van der Waals surface area contributed by atoms with E-state index in [0.29, 0.717) is 19.4 Å². The quantitative estimate of drug-likeness (QED) is 0.735. The topological polar surface area (TPSA) is 101 Å². The second kappa shape index (κ2) is 5.71. The second-order valence-corrected chi connectivity index (χ2v) is 6.38. The van der Waals surface area contributed by atoms with Crippen LogP contribution in [0.15, 0.2) is 0 Å². The highest BCUT2D eigenvalue weighted by molar-refractivity contribution is 8.01. The van der Waals surface area contributed by atoms with E-state index in [1.807, 2.05) is 0 Å². The number of thioether (sulfide) groups is 1. The molecule has 0 aromatic carbocycles. The van der Waals surface area contributed by atoms with Crippen LogP contribution in [0, 0.1) is 0 Å². The molecule has 0 unspecified atom stereocenters. The molecule has 0 aromatic rings. The normalized spacial score (nSPS) is 17.9. The highest BCUT2D eigenvalue weighted by Crippen LogP contribution is 2.28. The number of hydrogen-bond donors (Lipinski definition) is 2. The molecule has 1 atom stereocenters. The summed E-state index contributed by atoms with van der Waals surface area (Å²) in [6, 6.07) is -1.05. The zero-order valence-corrected chi connectivity index (χ0v) is 11.3. The van der Waals surface area contributed by atoms with Gasteiger partial charge in [-0.2, -0.15) is 0 Å². The summed E-state index contributed by atoms with van der Waals surface area (Å²) in [5.41, 5.74) is 5.55. The lowest BCUT2D eigenvalue weighted by Gasteiger charge is -2.28. The van der Waals surface area contributed by atoms with E-state index >= 15 is 0 Å². The van der Waals surface area contributed by atoms with Crippen molar-refractivity contribution in [1.29, 1.82) is 0 Å². The maximum Gasteiger partial charge on any atom is 0.321 e. The monoisotopic (exact) mass is 274 g/mol.